The first-order chi connectivity index (χ1) is 21.9. The van der Waals surface area contributed by atoms with Crippen LogP contribution >= 0.6 is 0 Å². The first kappa shape index (κ1) is 31.8. The number of piperidine rings is 1. The summed E-state index contributed by atoms with van der Waals surface area (Å²) in [6.45, 7) is 5.89. The van der Waals surface area contributed by atoms with Gasteiger partial charge in [0.25, 0.3) is 0 Å². The lowest BCUT2D eigenvalue weighted by atomic mass is 9.94. The Balaban J connectivity index is 1.17. The number of nitrogens with one attached hydrogen (secondary N) is 1. The van der Waals surface area contributed by atoms with Crippen molar-refractivity contribution in [2.24, 2.45) is 5.73 Å². The number of benzene rings is 3. The van der Waals surface area contributed by atoms with Crippen molar-refractivity contribution in [3.8, 4) is 28.1 Å². The number of nitrogens with two attached hydrogens (primary N) is 1. The second-order valence-corrected chi connectivity index (χ2v) is 11.8. The summed E-state index contributed by atoms with van der Waals surface area (Å²) in [4.78, 5) is 16.8. The number of hydrogen-bond acceptors (Lipinski definition) is 7. The highest BCUT2D eigenvalue weighted by molar-refractivity contribution is 5.76. The van der Waals surface area contributed by atoms with Crippen molar-refractivity contribution in [2.45, 2.75) is 58.0 Å². The molecule has 1 aromatic heterocycles. The summed E-state index contributed by atoms with van der Waals surface area (Å²) >= 11 is 0. The molecule has 1 unspecified atom stereocenters. The van der Waals surface area contributed by atoms with E-state index in [1.165, 1.54) is 10.4 Å². The van der Waals surface area contributed by atoms with Crippen LogP contribution in [0, 0.1) is 0 Å². The zero-order valence-corrected chi connectivity index (χ0v) is 26.5. The molecule has 45 heavy (non-hydrogen) atoms. The van der Waals surface area contributed by atoms with Gasteiger partial charge in [0.2, 0.25) is 0 Å². The Kier molecular flexibility index (Phi) is 10.9. The van der Waals surface area contributed by atoms with Crippen molar-refractivity contribution in [2.75, 3.05) is 26.9 Å². The largest absolute Gasteiger partial charge is 0.497 e. The Labute approximate surface area is 266 Å². The van der Waals surface area contributed by atoms with Gasteiger partial charge in [-0.05, 0) is 80.3 Å². The minimum atomic E-state index is -0.195. The Bertz CT molecular complexity index is 1550. The molecule has 1 saturated heterocycles. The Morgan fingerprint density at radius 2 is 1.69 bits per heavy atom. The molecule has 9 heteroatoms. The number of methoxy groups -OCH3 is 1. The molecule has 3 N–H and O–H groups in total. The normalized spacial score (nSPS) is 15.3. The van der Waals surface area contributed by atoms with Gasteiger partial charge in [0, 0.05) is 31.0 Å². The Morgan fingerprint density at radius 1 is 1.00 bits per heavy atom. The lowest BCUT2D eigenvalue weighted by Crippen LogP contribution is -2.41. The molecule has 2 heterocycles. The Hall–Kier alpha value is -4.63. The van der Waals surface area contributed by atoms with E-state index in [2.05, 4.69) is 65.8 Å². The zero-order valence-electron chi connectivity index (χ0n) is 26.5. The minimum Gasteiger partial charge on any atom is -0.497 e. The van der Waals surface area contributed by atoms with E-state index in [0.29, 0.717) is 37.2 Å². The molecule has 0 spiro atoms. The van der Waals surface area contributed by atoms with Gasteiger partial charge in [-0.1, -0.05) is 65.5 Å². The second kappa shape index (κ2) is 15.4. The highest BCUT2D eigenvalue weighted by atomic mass is 16.5. The Morgan fingerprint density at radius 3 is 2.38 bits per heavy atom. The number of rotatable bonds is 12. The summed E-state index contributed by atoms with van der Waals surface area (Å²) < 4.78 is 11.0. The molecule has 1 aliphatic heterocycles. The molecule has 1 aliphatic rings. The molecule has 1 fully saturated rings. The van der Waals surface area contributed by atoms with Crippen LogP contribution in [0.2, 0.25) is 0 Å². The fourth-order valence-electron chi connectivity index (χ4n) is 5.52. The number of aryl methyl sites for hydroxylation is 1. The number of hydrogen-bond donors (Lipinski definition) is 2. The molecule has 0 aliphatic carbocycles. The van der Waals surface area contributed by atoms with Crippen molar-refractivity contribution in [3.05, 3.63) is 102 Å². The summed E-state index contributed by atoms with van der Waals surface area (Å²) in [5, 5.41) is 12.1. The summed E-state index contributed by atoms with van der Waals surface area (Å²) in [6.07, 6.45) is 8.27. The third-order valence-corrected chi connectivity index (χ3v) is 8.00. The number of likely N-dealkylation sites (tertiary alicyclic amines) is 1. The molecular weight excluding hydrogens is 564 g/mol. The van der Waals surface area contributed by atoms with Crippen LogP contribution in [0.3, 0.4) is 0 Å². The quantitative estimate of drug-likeness (QED) is 0.175. The van der Waals surface area contributed by atoms with Crippen LogP contribution in [0.4, 0.5) is 4.79 Å². The van der Waals surface area contributed by atoms with E-state index in [0.717, 1.165) is 60.1 Å². The van der Waals surface area contributed by atoms with Gasteiger partial charge in [-0.25, -0.2) is 4.79 Å². The SMILES string of the molecule is COc1ccc(-c2ccc(-c3cnn(C(=O)N4CCCCC4c4ccc(CCCOC/C(N)=C/NC(C)C)cc4)n3)cc2)cc1. The number of amides is 1. The van der Waals surface area contributed by atoms with Crippen molar-refractivity contribution in [3.63, 3.8) is 0 Å². The highest BCUT2D eigenvalue weighted by Gasteiger charge is 2.30. The van der Waals surface area contributed by atoms with Gasteiger partial charge < -0.3 is 25.4 Å². The first-order valence-electron chi connectivity index (χ1n) is 15.8. The zero-order chi connectivity index (χ0) is 31.6. The number of carbonyl (C=O) groups is 1. The fourth-order valence-corrected chi connectivity index (χ4v) is 5.52. The lowest BCUT2D eigenvalue weighted by molar-refractivity contribution is 0.147. The molecule has 1 atom stereocenters. The van der Waals surface area contributed by atoms with Crippen LogP contribution in [-0.2, 0) is 11.2 Å². The second-order valence-electron chi connectivity index (χ2n) is 11.8. The minimum absolute atomic E-state index is 0.00363. The third-order valence-electron chi connectivity index (χ3n) is 8.00. The maximum atomic E-state index is 13.6. The van der Waals surface area contributed by atoms with Crippen LogP contribution in [0.5, 0.6) is 5.75 Å². The maximum absolute atomic E-state index is 13.6. The molecule has 9 nitrogen and oxygen atoms in total. The van der Waals surface area contributed by atoms with Gasteiger partial charge in [-0.15, -0.1) is 5.10 Å². The van der Waals surface area contributed by atoms with Crippen LogP contribution in [-0.4, -0.2) is 58.8 Å². The number of nitrogens with zero attached hydrogens (tertiary/aromatic N) is 4. The molecule has 0 bridgehead atoms. The van der Waals surface area contributed by atoms with E-state index >= 15 is 0 Å². The van der Waals surface area contributed by atoms with Crippen LogP contribution in [0.1, 0.15) is 56.7 Å². The van der Waals surface area contributed by atoms with Crippen LogP contribution < -0.4 is 15.8 Å². The fraction of sp³-hybridized carbons (Fsp3) is 0.361. The summed E-state index contributed by atoms with van der Waals surface area (Å²) in [5.41, 5.74) is 12.8. The van der Waals surface area contributed by atoms with Crippen molar-refractivity contribution < 1.29 is 14.3 Å². The van der Waals surface area contributed by atoms with E-state index in [4.69, 9.17) is 15.2 Å². The van der Waals surface area contributed by atoms with E-state index in [-0.39, 0.29) is 12.1 Å². The molecule has 4 aromatic rings. The molecule has 5 rings (SSSR count). The van der Waals surface area contributed by atoms with Gasteiger partial charge in [-0.2, -0.15) is 5.10 Å². The number of ether oxygens (including phenoxy) is 2. The van der Waals surface area contributed by atoms with E-state index in [1.807, 2.05) is 47.5 Å². The van der Waals surface area contributed by atoms with E-state index in [1.54, 1.807) is 13.3 Å². The predicted molar refractivity (Wildman–Crippen MR) is 178 cm³/mol. The molecule has 1 amide bonds. The number of aromatic nitrogens is 3. The molecule has 0 radical (unpaired) electrons. The molecule has 3 aromatic carbocycles. The average Bonchev–Trinajstić information content (AvgIpc) is 3.58. The first-order valence-corrected chi connectivity index (χ1v) is 15.8. The van der Waals surface area contributed by atoms with E-state index in [9.17, 15) is 4.79 Å². The average molecular weight is 609 g/mol. The van der Waals surface area contributed by atoms with Crippen molar-refractivity contribution in [1.82, 2.24) is 25.2 Å². The van der Waals surface area contributed by atoms with Gasteiger partial charge >= 0.3 is 6.03 Å². The topological polar surface area (TPSA) is 108 Å². The summed E-state index contributed by atoms with van der Waals surface area (Å²) in [5.74, 6) is 0.826. The number of carbonyl (C=O) groups excluding carboxylic acids is 1. The molecule has 236 valence electrons. The standard InChI is InChI=1S/C36H44N6O3/c1-26(2)38-23-32(37)25-45-22-6-7-27-9-11-31(12-10-27)35-8-4-5-21-41(35)36(43)42-39-24-34(40-42)30-15-13-28(14-16-30)29-17-19-33(44-3)20-18-29/h9-20,23-24,26,35,38H,4-8,21-22,25,37H2,1-3H3/b32-23-. The van der Waals surface area contributed by atoms with Crippen LogP contribution in [0.15, 0.2) is 90.9 Å². The third kappa shape index (κ3) is 8.51. The smallest absolute Gasteiger partial charge is 0.362 e. The predicted octanol–water partition coefficient (Wildman–Crippen LogP) is 6.56. The van der Waals surface area contributed by atoms with Crippen molar-refractivity contribution >= 4 is 6.03 Å². The van der Waals surface area contributed by atoms with Gasteiger partial charge in [0.05, 0.1) is 31.7 Å². The molecule has 0 saturated carbocycles. The monoisotopic (exact) mass is 608 g/mol. The van der Waals surface area contributed by atoms with Gasteiger partial charge in [0.15, 0.2) is 0 Å². The highest BCUT2D eigenvalue weighted by Crippen LogP contribution is 2.32. The maximum Gasteiger partial charge on any atom is 0.362 e. The van der Waals surface area contributed by atoms with Crippen LogP contribution in [0.25, 0.3) is 22.4 Å². The molecular formula is C36H44N6O3. The lowest BCUT2D eigenvalue weighted by Gasteiger charge is -2.35. The van der Waals surface area contributed by atoms with Crippen molar-refractivity contribution in [1.29, 1.82) is 0 Å². The van der Waals surface area contributed by atoms with Gasteiger partial charge in [-0.3, -0.25) is 0 Å². The summed E-state index contributed by atoms with van der Waals surface area (Å²) in [7, 11) is 1.66. The summed E-state index contributed by atoms with van der Waals surface area (Å²) in [6, 6.07) is 24.8. The van der Waals surface area contributed by atoms with E-state index < -0.39 is 0 Å². The van der Waals surface area contributed by atoms with Gasteiger partial charge in [0.1, 0.15) is 11.4 Å².